The largest absolute Gasteiger partial charge is 0.464 e. The zero-order valence-corrected chi connectivity index (χ0v) is 13.5. The highest BCUT2D eigenvalue weighted by atomic mass is 16.3. The lowest BCUT2D eigenvalue weighted by Crippen LogP contribution is -2.11. The van der Waals surface area contributed by atoms with Gasteiger partial charge in [0.1, 0.15) is 11.6 Å². The van der Waals surface area contributed by atoms with E-state index in [1.54, 1.807) is 49.0 Å². The normalized spacial score (nSPS) is 14.2. The molecule has 0 fully saturated rings. The van der Waals surface area contributed by atoms with Crippen LogP contribution < -0.4 is 16.4 Å². The highest BCUT2D eigenvalue weighted by Gasteiger charge is 2.26. The summed E-state index contributed by atoms with van der Waals surface area (Å²) in [5, 5.41) is 5.75. The van der Waals surface area contributed by atoms with Crippen molar-refractivity contribution >= 4 is 28.9 Å². The topological polar surface area (TPSA) is 110 Å². The van der Waals surface area contributed by atoms with E-state index in [2.05, 4.69) is 15.6 Å². The highest BCUT2D eigenvalue weighted by Crippen LogP contribution is 2.33. The molecule has 3 aromatic rings. The number of nitrogens with one attached hydrogen (secondary N) is 2. The third-order valence-electron chi connectivity index (χ3n) is 3.99. The van der Waals surface area contributed by atoms with E-state index in [0.29, 0.717) is 34.0 Å². The summed E-state index contributed by atoms with van der Waals surface area (Å²) in [5.41, 5.74) is 8.19. The van der Waals surface area contributed by atoms with E-state index in [0.717, 1.165) is 5.56 Å². The summed E-state index contributed by atoms with van der Waals surface area (Å²) in [6.45, 7) is 0. The zero-order valence-electron chi connectivity index (χ0n) is 13.5. The molecular formula is C19H14N4O3. The number of primary amides is 1. The van der Waals surface area contributed by atoms with Gasteiger partial charge in [-0.15, -0.1) is 0 Å². The Balaban J connectivity index is 1.67. The molecular weight excluding hydrogens is 332 g/mol. The Morgan fingerprint density at radius 1 is 1.23 bits per heavy atom. The number of fused-ring (bicyclic) bond motifs is 1. The molecule has 2 aromatic heterocycles. The standard InChI is InChI=1S/C19H14N4O3/c20-17(24)11-3-1-4-13(7-11)21-10-15-14-8-12(16-5-2-6-26-16)9-22-18(14)23-19(15)25/h1-10,21H,(H2,20,24)(H,22,23,25). The van der Waals surface area contributed by atoms with E-state index >= 15 is 0 Å². The maximum atomic E-state index is 12.3. The van der Waals surface area contributed by atoms with Crippen LogP contribution in [-0.4, -0.2) is 16.8 Å². The summed E-state index contributed by atoms with van der Waals surface area (Å²) >= 11 is 0. The minimum atomic E-state index is -0.516. The number of carbonyl (C=O) groups is 2. The van der Waals surface area contributed by atoms with Gasteiger partial charge in [-0.1, -0.05) is 6.07 Å². The number of rotatable bonds is 4. The Morgan fingerprint density at radius 2 is 2.12 bits per heavy atom. The summed E-state index contributed by atoms with van der Waals surface area (Å²) in [5.74, 6) is 0.380. The Labute approximate surface area is 148 Å². The number of hydrogen-bond donors (Lipinski definition) is 3. The predicted molar refractivity (Wildman–Crippen MR) is 97.1 cm³/mol. The van der Waals surface area contributed by atoms with Crippen LogP contribution in [-0.2, 0) is 4.79 Å². The van der Waals surface area contributed by atoms with Crippen molar-refractivity contribution in [2.45, 2.75) is 0 Å². The lowest BCUT2D eigenvalue weighted by molar-refractivity contribution is -0.110. The number of nitrogens with two attached hydrogens (primary N) is 1. The maximum absolute atomic E-state index is 12.3. The van der Waals surface area contributed by atoms with Crippen LogP contribution in [0.4, 0.5) is 11.5 Å². The molecule has 0 radical (unpaired) electrons. The quantitative estimate of drug-likeness (QED) is 0.629. The number of carbonyl (C=O) groups excluding carboxylic acids is 2. The minimum Gasteiger partial charge on any atom is -0.464 e. The van der Waals surface area contributed by atoms with E-state index in [1.165, 1.54) is 0 Å². The predicted octanol–water partition coefficient (Wildman–Crippen LogP) is 2.85. The first-order chi connectivity index (χ1) is 12.6. The van der Waals surface area contributed by atoms with Crippen LogP contribution in [0, 0.1) is 0 Å². The summed E-state index contributed by atoms with van der Waals surface area (Å²) in [6, 6.07) is 12.2. The molecule has 0 saturated carbocycles. The fourth-order valence-electron chi connectivity index (χ4n) is 2.71. The van der Waals surface area contributed by atoms with Gasteiger partial charge in [0.15, 0.2) is 0 Å². The Morgan fingerprint density at radius 3 is 2.88 bits per heavy atom. The molecule has 128 valence electrons. The second-order valence-corrected chi connectivity index (χ2v) is 5.70. The number of pyridine rings is 1. The molecule has 2 amide bonds. The van der Waals surface area contributed by atoms with Crippen LogP contribution in [0.2, 0.25) is 0 Å². The fraction of sp³-hybridized carbons (Fsp3) is 0. The molecule has 1 aliphatic rings. The number of hydrogen-bond acceptors (Lipinski definition) is 5. The number of aromatic nitrogens is 1. The van der Waals surface area contributed by atoms with Crippen molar-refractivity contribution in [3.63, 3.8) is 0 Å². The lowest BCUT2D eigenvalue weighted by atomic mass is 10.1. The molecule has 1 aromatic carbocycles. The molecule has 0 saturated heterocycles. The molecule has 7 nitrogen and oxygen atoms in total. The van der Waals surface area contributed by atoms with Gasteiger partial charge in [-0.2, -0.15) is 0 Å². The van der Waals surface area contributed by atoms with Gasteiger partial charge in [-0.05, 0) is 36.4 Å². The molecule has 0 aliphatic carbocycles. The van der Waals surface area contributed by atoms with Gasteiger partial charge >= 0.3 is 0 Å². The van der Waals surface area contributed by atoms with Crippen LogP contribution in [0.1, 0.15) is 15.9 Å². The van der Waals surface area contributed by atoms with Crippen molar-refractivity contribution in [1.29, 1.82) is 0 Å². The lowest BCUT2D eigenvalue weighted by Gasteiger charge is -2.05. The van der Waals surface area contributed by atoms with Crippen molar-refractivity contribution in [2.24, 2.45) is 5.73 Å². The average Bonchev–Trinajstić information content (AvgIpc) is 3.27. The van der Waals surface area contributed by atoms with Crippen molar-refractivity contribution in [2.75, 3.05) is 10.6 Å². The Bertz CT molecular complexity index is 1040. The van der Waals surface area contributed by atoms with Gasteiger partial charge in [0.2, 0.25) is 5.91 Å². The van der Waals surface area contributed by atoms with Gasteiger partial charge in [-0.3, -0.25) is 9.59 Å². The molecule has 0 spiro atoms. The van der Waals surface area contributed by atoms with Crippen molar-refractivity contribution < 1.29 is 14.0 Å². The summed E-state index contributed by atoms with van der Waals surface area (Å²) < 4.78 is 5.38. The Kier molecular flexibility index (Phi) is 3.74. The van der Waals surface area contributed by atoms with E-state index in [4.69, 9.17) is 10.2 Å². The molecule has 26 heavy (non-hydrogen) atoms. The van der Waals surface area contributed by atoms with Crippen LogP contribution in [0.5, 0.6) is 0 Å². The van der Waals surface area contributed by atoms with E-state index in [1.807, 2.05) is 12.1 Å². The molecule has 3 heterocycles. The Hall–Kier alpha value is -3.87. The SMILES string of the molecule is NC(=O)c1cccc(NC=C2C(=O)Nc3ncc(-c4ccco4)cc32)c1. The van der Waals surface area contributed by atoms with E-state index in [9.17, 15) is 9.59 Å². The average molecular weight is 346 g/mol. The molecule has 0 bridgehead atoms. The van der Waals surface area contributed by atoms with Gasteiger partial charge in [0.05, 0.1) is 11.8 Å². The summed E-state index contributed by atoms with van der Waals surface area (Å²) in [7, 11) is 0. The van der Waals surface area contributed by atoms with Crippen molar-refractivity contribution in [3.05, 3.63) is 72.3 Å². The second-order valence-electron chi connectivity index (χ2n) is 5.70. The number of furan rings is 1. The van der Waals surface area contributed by atoms with Crippen LogP contribution in [0.3, 0.4) is 0 Å². The fourth-order valence-corrected chi connectivity index (χ4v) is 2.71. The molecule has 4 N–H and O–H groups in total. The van der Waals surface area contributed by atoms with Crippen LogP contribution >= 0.6 is 0 Å². The minimum absolute atomic E-state index is 0.261. The molecule has 0 unspecified atom stereocenters. The monoisotopic (exact) mass is 346 g/mol. The van der Waals surface area contributed by atoms with E-state index < -0.39 is 5.91 Å². The van der Waals surface area contributed by atoms with E-state index in [-0.39, 0.29) is 5.91 Å². The van der Waals surface area contributed by atoms with Crippen LogP contribution in [0.15, 0.2) is 65.5 Å². The van der Waals surface area contributed by atoms with Crippen molar-refractivity contribution in [3.8, 4) is 11.3 Å². The maximum Gasteiger partial charge on any atom is 0.259 e. The third-order valence-corrected chi connectivity index (χ3v) is 3.99. The van der Waals surface area contributed by atoms with Crippen molar-refractivity contribution in [1.82, 2.24) is 4.98 Å². The van der Waals surface area contributed by atoms with Gasteiger partial charge in [0.25, 0.3) is 5.91 Å². The number of nitrogens with zero attached hydrogens (tertiary/aromatic N) is 1. The number of benzene rings is 1. The smallest absolute Gasteiger partial charge is 0.259 e. The third kappa shape index (κ3) is 2.82. The number of anilines is 2. The van der Waals surface area contributed by atoms with Gasteiger partial charge in [-0.25, -0.2) is 4.98 Å². The second kappa shape index (κ2) is 6.21. The first-order valence-corrected chi connectivity index (χ1v) is 7.84. The first kappa shape index (κ1) is 15.6. The van der Waals surface area contributed by atoms with Crippen LogP contribution in [0.25, 0.3) is 16.9 Å². The van der Waals surface area contributed by atoms with Gasteiger partial charge < -0.3 is 20.8 Å². The summed E-state index contributed by atoms with van der Waals surface area (Å²) in [6.07, 6.45) is 4.80. The molecule has 1 aliphatic heterocycles. The molecule has 4 rings (SSSR count). The number of amides is 2. The molecule has 7 heteroatoms. The first-order valence-electron chi connectivity index (χ1n) is 7.84. The van der Waals surface area contributed by atoms with Gasteiger partial charge in [0, 0.05) is 34.8 Å². The molecule has 0 atom stereocenters. The zero-order chi connectivity index (χ0) is 18.1. The highest BCUT2D eigenvalue weighted by molar-refractivity contribution is 6.31. The summed E-state index contributed by atoms with van der Waals surface area (Å²) in [4.78, 5) is 27.8.